The summed E-state index contributed by atoms with van der Waals surface area (Å²) in [5.74, 6) is -0.728. The molecular weight excluding hydrogens is 266 g/mol. The molecule has 0 radical (unpaired) electrons. The molecule has 7 heteroatoms. The highest BCUT2D eigenvalue weighted by Gasteiger charge is 2.28. The Bertz CT molecular complexity index is 617. The molecule has 0 atom stereocenters. The Hall–Kier alpha value is -1.91. The largest absolute Gasteiger partial charge is 0.369 e. The second kappa shape index (κ2) is 5.82. The number of benzene rings is 1. The molecule has 102 valence electrons. The predicted molar refractivity (Wildman–Crippen MR) is 69.4 cm³/mol. The predicted octanol–water partition coefficient (Wildman–Crippen LogP) is 0.443. The normalized spacial score (nSPS) is 11.5. The molecule has 0 aliphatic carbocycles. The van der Waals surface area contributed by atoms with Crippen molar-refractivity contribution < 1.29 is 13.2 Å². The first kappa shape index (κ1) is 15.1. The van der Waals surface area contributed by atoms with Crippen LogP contribution in [0.1, 0.15) is 19.4 Å². The molecule has 6 nitrogen and oxygen atoms in total. The topological polar surface area (TPSA) is 104 Å². The van der Waals surface area contributed by atoms with Gasteiger partial charge < -0.3 is 5.73 Å². The van der Waals surface area contributed by atoms with Gasteiger partial charge in [0.2, 0.25) is 15.9 Å². The minimum absolute atomic E-state index is 0.0264. The van der Waals surface area contributed by atoms with Gasteiger partial charge in [0.05, 0.1) is 23.1 Å². The van der Waals surface area contributed by atoms with E-state index < -0.39 is 28.5 Å². The van der Waals surface area contributed by atoms with E-state index in [1.165, 1.54) is 24.3 Å². The fourth-order valence-electron chi connectivity index (χ4n) is 1.56. The van der Waals surface area contributed by atoms with E-state index in [9.17, 15) is 13.2 Å². The maximum Gasteiger partial charge on any atom is 0.243 e. The number of carbonyl (C=O) groups excluding carboxylic acids is 1. The summed E-state index contributed by atoms with van der Waals surface area (Å²) in [6, 6.07) is 7.10. The quantitative estimate of drug-likeness (QED) is 0.845. The van der Waals surface area contributed by atoms with E-state index in [4.69, 9.17) is 11.0 Å². The highest BCUT2D eigenvalue weighted by atomic mass is 32.2. The van der Waals surface area contributed by atoms with Gasteiger partial charge in [0.1, 0.15) is 0 Å². The Morgan fingerprint density at radius 2 is 2.11 bits per heavy atom. The molecule has 0 saturated carbocycles. The van der Waals surface area contributed by atoms with Crippen molar-refractivity contribution in [3.8, 4) is 6.07 Å². The molecule has 1 aromatic rings. The van der Waals surface area contributed by atoms with E-state index in [0.29, 0.717) is 0 Å². The van der Waals surface area contributed by atoms with Crippen molar-refractivity contribution in [3.05, 3.63) is 29.8 Å². The number of nitrogens with zero attached hydrogens (tertiary/aromatic N) is 2. The fourth-order valence-corrected chi connectivity index (χ4v) is 3.21. The number of rotatable bonds is 5. The molecule has 0 heterocycles. The fraction of sp³-hybridized carbons (Fsp3) is 0.333. The third-order valence-corrected chi connectivity index (χ3v) is 4.48. The highest BCUT2D eigenvalue weighted by molar-refractivity contribution is 7.89. The van der Waals surface area contributed by atoms with Crippen molar-refractivity contribution in [1.82, 2.24) is 4.31 Å². The number of hydrogen-bond acceptors (Lipinski definition) is 4. The van der Waals surface area contributed by atoms with Crippen LogP contribution < -0.4 is 5.73 Å². The van der Waals surface area contributed by atoms with Gasteiger partial charge in [0.15, 0.2) is 0 Å². The van der Waals surface area contributed by atoms with Crippen LogP contribution in [0.3, 0.4) is 0 Å². The molecule has 2 N–H and O–H groups in total. The van der Waals surface area contributed by atoms with Gasteiger partial charge in [0, 0.05) is 6.04 Å². The molecule has 0 aliphatic heterocycles. The van der Waals surface area contributed by atoms with Crippen LogP contribution in [0.5, 0.6) is 0 Å². The lowest BCUT2D eigenvalue weighted by molar-refractivity contribution is -0.118. The van der Waals surface area contributed by atoms with E-state index in [1.54, 1.807) is 13.8 Å². The lowest BCUT2D eigenvalue weighted by Crippen LogP contribution is -2.42. The molecule has 1 aromatic carbocycles. The second-order valence-corrected chi connectivity index (χ2v) is 6.14. The van der Waals surface area contributed by atoms with Crippen molar-refractivity contribution in [2.24, 2.45) is 5.73 Å². The molecule has 1 rings (SSSR count). The monoisotopic (exact) mass is 281 g/mol. The maximum atomic E-state index is 12.4. The van der Waals surface area contributed by atoms with Crippen molar-refractivity contribution in [2.45, 2.75) is 24.8 Å². The first-order chi connectivity index (χ1) is 8.78. The molecule has 0 aromatic heterocycles. The summed E-state index contributed by atoms with van der Waals surface area (Å²) in [5, 5.41) is 8.79. The van der Waals surface area contributed by atoms with E-state index >= 15 is 0 Å². The van der Waals surface area contributed by atoms with Crippen LogP contribution >= 0.6 is 0 Å². The molecule has 0 aliphatic rings. The number of hydrogen-bond donors (Lipinski definition) is 1. The SMILES string of the molecule is CC(C)N(CC(N)=O)S(=O)(=O)c1cccc(C#N)c1. The first-order valence-electron chi connectivity index (χ1n) is 5.59. The summed E-state index contributed by atoms with van der Waals surface area (Å²) < 4.78 is 25.8. The van der Waals surface area contributed by atoms with Crippen LogP contribution in [0.25, 0.3) is 0 Å². The van der Waals surface area contributed by atoms with Crippen molar-refractivity contribution in [1.29, 1.82) is 5.26 Å². The van der Waals surface area contributed by atoms with Crippen molar-refractivity contribution >= 4 is 15.9 Å². The van der Waals surface area contributed by atoms with Crippen LogP contribution in [0.2, 0.25) is 0 Å². The highest BCUT2D eigenvalue weighted by Crippen LogP contribution is 2.18. The van der Waals surface area contributed by atoms with E-state index in [0.717, 1.165) is 4.31 Å². The Balaban J connectivity index is 3.27. The maximum absolute atomic E-state index is 12.4. The van der Waals surface area contributed by atoms with Crippen LogP contribution in [0.15, 0.2) is 29.2 Å². The minimum atomic E-state index is -3.85. The summed E-state index contributed by atoms with van der Waals surface area (Å²) in [4.78, 5) is 11.0. The average Bonchev–Trinajstić information content (AvgIpc) is 2.35. The summed E-state index contributed by atoms with van der Waals surface area (Å²) in [6.07, 6.45) is 0. The summed E-state index contributed by atoms with van der Waals surface area (Å²) in [6.45, 7) is 2.90. The van der Waals surface area contributed by atoms with E-state index in [1.807, 2.05) is 6.07 Å². The van der Waals surface area contributed by atoms with Gasteiger partial charge >= 0.3 is 0 Å². The second-order valence-electron chi connectivity index (χ2n) is 4.25. The number of sulfonamides is 1. The molecule has 1 amide bonds. The van der Waals surface area contributed by atoms with Gasteiger partial charge in [-0.3, -0.25) is 4.79 Å². The number of amides is 1. The summed E-state index contributed by atoms with van der Waals surface area (Å²) in [5.41, 5.74) is 5.30. The van der Waals surface area contributed by atoms with Gasteiger partial charge in [-0.05, 0) is 32.0 Å². The number of primary amides is 1. The lowest BCUT2D eigenvalue weighted by atomic mass is 10.2. The average molecular weight is 281 g/mol. The van der Waals surface area contributed by atoms with Gasteiger partial charge in [0.25, 0.3) is 0 Å². The summed E-state index contributed by atoms with van der Waals surface area (Å²) in [7, 11) is -3.85. The first-order valence-corrected chi connectivity index (χ1v) is 7.03. The Kier molecular flexibility index (Phi) is 4.64. The van der Waals surface area contributed by atoms with E-state index in [-0.39, 0.29) is 10.5 Å². The van der Waals surface area contributed by atoms with Crippen LogP contribution in [0.4, 0.5) is 0 Å². The Morgan fingerprint density at radius 3 is 2.58 bits per heavy atom. The Labute approximate surface area is 112 Å². The van der Waals surface area contributed by atoms with Gasteiger partial charge in [-0.1, -0.05) is 6.07 Å². The van der Waals surface area contributed by atoms with Crippen molar-refractivity contribution in [2.75, 3.05) is 6.54 Å². The Morgan fingerprint density at radius 1 is 1.47 bits per heavy atom. The zero-order chi connectivity index (χ0) is 14.6. The smallest absolute Gasteiger partial charge is 0.243 e. The zero-order valence-corrected chi connectivity index (χ0v) is 11.5. The lowest BCUT2D eigenvalue weighted by Gasteiger charge is -2.24. The third kappa shape index (κ3) is 3.53. The van der Waals surface area contributed by atoms with Crippen LogP contribution in [-0.2, 0) is 14.8 Å². The van der Waals surface area contributed by atoms with Gasteiger partial charge in [-0.2, -0.15) is 9.57 Å². The molecule has 0 bridgehead atoms. The minimum Gasteiger partial charge on any atom is -0.369 e. The standard InChI is InChI=1S/C12H15N3O3S/c1-9(2)15(8-12(14)16)19(17,18)11-5-3-4-10(6-11)7-13/h3-6,9H,8H2,1-2H3,(H2,14,16). The van der Waals surface area contributed by atoms with E-state index in [2.05, 4.69) is 0 Å². The molecule has 0 saturated heterocycles. The number of nitriles is 1. The number of nitrogens with two attached hydrogens (primary N) is 1. The number of carbonyl (C=O) groups is 1. The van der Waals surface area contributed by atoms with Crippen LogP contribution in [0, 0.1) is 11.3 Å². The molecular formula is C12H15N3O3S. The van der Waals surface area contributed by atoms with Crippen LogP contribution in [-0.4, -0.2) is 31.2 Å². The summed E-state index contributed by atoms with van der Waals surface area (Å²) >= 11 is 0. The third-order valence-electron chi connectivity index (χ3n) is 2.46. The molecule has 0 spiro atoms. The molecule has 19 heavy (non-hydrogen) atoms. The molecule has 0 unspecified atom stereocenters. The molecule has 0 fully saturated rings. The zero-order valence-electron chi connectivity index (χ0n) is 10.7. The van der Waals surface area contributed by atoms with Crippen molar-refractivity contribution in [3.63, 3.8) is 0 Å². The van der Waals surface area contributed by atoms with Gasteiger partial charge in [-0.25, -0.2) is 8.42 Å². The van der Waals surface area contributed by atoms with Gasteiger partial charge in [-0.15, -0.1) is 0 Å².